The zero-order valence-corrected chi connectivity index (χ0v) is 90.6. The van der Waals surface area contributed by atoms with Gasteiger partial charge in [0.25, 0.3) is 0 Å². The number of amides is 2. The van der Waals surface area contributed by atoms with Crippen LogP contribution in [0.1, 0.15) is 130 Å². The van der Waals surface area contributed by atoms with E-state index in [2.05, 4.69) is 17.6 Å². The first-order valence-corrected chi connectivity index (χ1v) is 53.6. The number of hydrogen-bond donors (Lipinski definition) is 2. The number of carbonyl (C=O) groups excluding carboxylic acids is 4. The second-order valence-corrected chi connectivity index (χ2v) is 33.3. The maximum Gasteiger partial charge on any atom is 0.311 e. The predicted molar refractivity (Wildman–Crippen MR) is 541 cm³/mol. The van der Waals surface area contributed by atoms with Gasteiger partial charge in [0.05, 0.1) is 482 Å². The SMILES string of the molecule is CCCCCCCCCCCCCC(=O)C[C@@H](CNC(=O)CCCOCCOCCOCCOCCOCCOCCOCCOCCOCCOCCOCCOCCOCCOCCOCCOCCOCCOCCOCCOCCOCCOCCOCCOCCOCCOCCOCCOCCOCCOCCOCCOCCOCCOCCOCCOCCC(=O)NCCOC)C(=O)OC(C)(C)C. The summed E-state index contributed by atoms with van der Waals surface area (Å²) in [6.07, 6.45) is 14.8. The van der Waals surface area contributed by atoms with E-state index in [0.717, 1.165) is 19.3 Å². The molecule has 0 saturated heterocycles. The highest BCUT2D eigenvalue weighted by molar-refractivity contribution is 5.85. The van der Waals surface area contributed by atoms with E-state index in [9.17, 15) is 19.2 Å². The van der Waals surface area contributed by atoms with Crippen LogP contribution >= 0.6 is 0 Å². The van der Waals surface area contributed by atoms with Gasteiger partial charge in [0.2, 0.25) is 11.8 Å². The van der Waals surface area contributed by atoms with Crippen LogP contribution in [-0.4, -0.2) is 532 Å². The number of esters is 1. The third-order valence-corrected chi connectivity index (χ3v) is 19.6. The second kappa shape index (κ2) is 127. The lowest BCUT2D eigenvalue weighted by atomic mass is 9.98. The van der Waals surface area contributed by atoms with Crippen molar-refractivity contribution in [1.82, 2.24) is 10.6 Å². The summed E-state index contributed by atoms with van der Waals surface area (Å²) in [4.78, 5) is 50.0. The molecule has 44 heteroatoms. The van der Waals surface area contributed by atoms with Crippen LogP contribution in [0.15, 0.2) is 0 Å². The standard InChI is InChI=1S/C102H200N2O42/c1-6-7-8-9-10-11-12-13-14-15-16-18-98(105)95-97(101(108)146-102(2,3)4)96-104-99(106)19-17-22-110-25-27-112-29-31-114-33-35-116-37-39-118-41-43-120-45-47-122-49-51-124-53-55-126-57-59-128-61-63-130-65-67-132-69-71-134-73-75-136-77-79-138-81-83-140-85-87-142-89-91-144-93-94-145-92-90-143-88-86-141-84-82-139-80-78-137-76-74-135-72-70-133-68-66-131-64-62-129-60-58-127-56-54-125-52-50-123-48-46-121-44-42-119-40-38-117-36-34-115-32-30-113-28-26-111-23-20-100(107)103-21-24-109-5/h97H,6-96H2,1-5H3,(H,103,107)(H,104,106)/t97-/m0/s1. The van der Waals surface area contributed by atoms with Crippen LogP contribution in [0.3, 0.4) is 0 Å². The van der Waals surface area contributed by atoms with E-state index in [1.165, 1.54) is 51.4 Å². The van der Waals surface area contributed by atoms with Gasteiger partial charge in [-0.15, -0.1) is 0 Å². The van der Waals surface area contributed by atoms with Crippen molar-refractivity contribution >= 4 is 23.6 Å². The Balaban J connectivity index is 3.22. The fraction of sp³-hybridized carbons (Fsp3) is 0.961. The third-order valence-electron chi connectivity index (χ3n) is 19.6. The zero-order chi connectivity index (χ0) is 105. The Labute approximate surface area is 874 Å². The van der Waals surface area contributed by atoms with Crippen LogP contribution in [0.5, 0.6) is 0 Å². The van der Waals surface area contributed by atoms with Crippen molar-refractivity contribution in [3.8, 4) is 0 Å². The summed E-state index contributed by atoms with van der Waals surface area (Å²) in [6.45, 7) is 41.9. The van der Waals surface area contributed by atoms with Gasteiger partial charge in [-0.1, -0.05) is 71.1 Å². The van der Waals surface area contributed by atoms with Crippen molar-refractivity contribution in [1.29, 1.82) is 0 Å². The fourth-order valence-corrected chi connectivity index (χ4v) is 12.0. The molecule has 0 radical (unpaired) electrons. The predicted octanol–water partition coefficient (Wildman–Crippen LogP) is 6.25. The summed E-state index contributed by atoms with van der Waals surface area (Å²) in [5, 5.41) is 5.57. The molecule has 0 aliphatic rings. The molecule has 0 aromatic rings. The van der Waals surface area contributed by atoms with Gasteiger partial charge in [0, 0.05) is 52.5 Å². The molecule has 0 saturated carbocycles. The molecule has 2 N–H and O–H groups in total. The normalized spacial score (nSPS) is 12.0. The van der Waals surface area contributed by atoms with Crippen molar-refractivity contribution in [3.05, 3.63) is 0 Å². The molecule has 0 rings (SSSR count). The van der Waals surface area contributed by atoms with Gasteiger partial charge in [-0.3, -0.25) is 19.2 Å². The molecule has 0 heterocycles. The van der Waals surface area contributed by atoms with Crippen molar-refractivity contribution in [2.75, 3.05) is 503 Å². The molecule has 870 valence electrons. The van der Waals surface area contributed by atoms with Gasteiger partial charge in [-0.2, -0.15) is 0 Å². The average Bonchev–Trinajstić information content (AvgIpc) is 0.886. The number of rotatable bonds is 132. The highest BCUT2D eigenvalue weighted by atomic mass is 16.6. The van der Waals surface area contributed by atoms with E-state index in [-0.39, 0.29) is 37.0 Å². The molecule has 1 atom stereocenters. The van der Waals surface area contributed by atoms with Crippen LogP contribution in [0.2, 0.25) is 0 Å². The van der Waals surface area contributed by atoms with Crippen LogP contribution < -0.4 is 10.6 Å². The average molecular weight is 2130 g/mol. The lowest BCUT2D eigenvalue weighted by molar-refractivity contribution is -0.161. The van der Waals surface area contributed by atoms with E-state index >= 15 is 0 Å². The van der Waals surface area contributed by atoms with Crippen LogP contribution in [-0.2, 0) is 199 Å². The Bertz CT molecular complexity index is 2480. The van der Waals surface area contributed by atoms with Crippen LogP contribution in [0.25, 0.3) is 0 Å². The van der Waals surface area contributed by atoms with Crippen LogP contribution in [0.4, 0.5) is 0 Å². The quantitative estimate of drug-likeness (QED) is 0.0501. The van der Waals surface area contributed by atoms with E-state index in [1.807, 2.05) is 0 Å². The summed E-state index contributed by atoms with van der Waals surface area (Å²) in [6, 6.07) is 0. The number of ketones is 1. The maximum atomic E-state index is 13.0. The van der Waals surface area contributed by atoms with Crippen molar-refractivity contribution < 1.29 is 199 Å². The molecule has 0 aromatic heterocycles. The molecule has 146 heavy (non-hydrogen) atoms. The topological polar surface area (TPSA) is 443 Å². The van der Waals surface area contributed by atoms with Gasteiger partial charge in [0.15, 0.2) is 0 Å². The first-order chi connectivity index (χ1) is 72.1. The number of methoxy groups -OCH3 is 1. The third kappa shape index (κ3) is 127. The second-order valence-electron chi connectivity index (χ2n) is 33.3. The molecule has 0 unspecified atom stereocenters. The fourth-order valence-electron chi connectivity index (χ4n) is 12.0. The molecule has 0 aliphatic carbocycles. The molecule has 0 aromatic carbocycles. The van der Waals surface area contributed by atoms with E-state index in [0.29, 0.717) is 508 Å². The molecule has 44 nitrogen and oxygen atoms in total. The number of Topliss-reactive ketones (excluding diaryl/α,β-unsaturated/α-hetero) is 1. The largest absolute Gasteiger partial charge is 0.460 e. The Morgan fingerprint density at radius 2 is 0.363 bits per heavy atom. The maximum absolute atomic E-state index is 13.0. The highest BCUT2D eigenvalue weighted by Crippen LogP contribution is 2.18. The zero-order valence-electron chi connectivity index (χ0n) is 90.6. The van der Waals surface area contributed by atoms with Crippen molar-refractivity contribution in [2.24, 2.45) is 5.92 Å². The molecule has 0 aliphatic heterocycles. The van der Waals surface area contributed by atoms with E-state index < -0.39 is 17.5 Å². The number of carbonyl (C=O) groups is 4. The highest BCUT2D eigenvalue weighted by Gasteiger charge is 2.28. The summed E-state index contributed by atoms with van der Waals surface area (Å²) in [5.41, 5.74) is -0.691. The van der Waals surface area contributed by atoms with E-state index in [4.69, 9.17) is 180 Å². The summed E-state index contributed by atoms with van der Waals surface area (Å²) in [7, 11) is 1.59. The van der Waals surface area contributed by atoms with Gasteiger partial charge in [0.1, 0.15) is 11.4 Å². The summed E-state index contributed by atoms with van der Waals surface area (Å²) < 4.78 is 210. The first kappa shape index (κ1) is 143. The lowest BCUT2D eigenvalue weighted by Gasteiger charge is -2.24. The Morgan fingerprint density at radius 1 is 0.192 bits per heavy atom. The number of unbranched alkanes of at least 4 members (excludes halogenated alkanes) is 10. The van der Waals surface area contributed by atoms with Gasteiger partial charge in [-0.25, -0.2) is 0 Å². The summed E-state index contributed by atoms with van der Waals surface area (Å²) in [5.74, 6) is -1.41. The van der Waals surface area contributed by atoms with Crippen molar-refractivity contribution in [3.63, 3.8) is 0 Å². The van der Waals surface area contributed by atoms with Crippen LogP contribution in [0, 0.1) is 5.92 Å². The minimum atomic E-state index is -0.717. The van der Waals surface area contributed by atoms with Gasteiger partial charge in [-0.05, 0) is 33.6 Å². The molecule has 0 bridgehead atoms. The number of ether oxygens (including phenoxy) is 38. The smallest absolute Gasteiger partial charge is 0.311 e. The number of nitrogens with one attached hydrogen (secondary N) is 2. The summed E-state index contributed by atoms with van der Waals surface area (Å²) >= 11 is 0. The molecule has 0 fully saturated rings. The van der Waals surface area contributed by atoms with Gasteiger partial charge >= 0.3 is 5.97 Å². The Morgan fingerprint density at radius 3 is 0.548 bits per heavy atom. The minimum absolute atomic E-state index is 0.0299. The Hall–Kier alpha value is -3.40. The first-order valence-electron chi connectivity index (χ1n) is 53.6. The minimum Gasteiger partial charge on any atom is -0.460 e. The monoisotopic (exact) mass is 2130 g/mol. The van der Waals surface area contributed by atoms with Gasteiger partial charge < -0.3 is 191 Å². The molecule has 0 spiro atoms. The van der Waals surface area contributed by atoms with Crippen molar-refractivity contribution in [2.45, 2.75) is 136 Å². The Kier molecular flexibility index (Phi) is 124. The number of hydrogen-bond acceptors (Lipinski definition) is 42. The van der Waals surface area contributed by atoms with E-state index in [1.54, 1.807) is 27.9 Å². The molecule has 2 amide bonds. The molecular formula is C102H200N2O42. The molecular weight excluding hydrogens is 1930 g/mol. The lowest BCUT2D eigenvalue weighted by Crippen LogP contribution is -2.37.